The molecule has 100 valence electrons. The normalized spacial score (nSPS) is 11.6. The van der Waals surface area contributed by atoms with Gasteiger partial charge in [0.1, 0.15) is 5.82 Å². The van der Waals surface area contributed by atoms with Crippen molar-refractivity contribution < 1.29 is 9.18 Å². The van der Waals surface area contributed by atoms with Gasteiger partial charge in [0, 0.05) is 9.90 Å². The van der Waals surface area contributed by atoms with Crippen LogP contribution in [0.1, 0.15) is 40.9 Å². The highest BCUT2D eigenvalue weighted by atomic mass is 35.5. The predicted molar refractivity (Wildman–Crippen MR) is 77.9 cm³/mol. The number of benzene rings is 1. The van der Waals surface area contributed by atoms with Gasteiger partial charge in [0.05, 0.1) is 10.4 Å². The monoisotopic (exact) mass is 296 g/mol. The second kappa shape index (κ2) is 5.06. The third-order valence-corrected chi connectivity index (χ3v) is 4.49. The van der Waals surface area contributed by atoms with Gasteiger partial charge < -0.3 is 0 Å². The van der Waals surface area contributed by atoms with Crippen molar-refractivity contribution in [1.29, 1.82) is 0 Å². The van der Waals surface area contributed by atoms with Crippen molar-refractivity contribution in [2.24, 2.45) is 0 Å². The van der Waals surface area contributed by atoms with E-state index in [1.165, 1.54) is 29.5 Å². The lowest BCUT2D eigenvalue weighted by atomic mass is 9.95. The molecule has 0 spiro atoms. The van der Waals surface area contributed by atoms with Gasteiger partial charge in [-0.05, 0) is 35.7 Å². The van der Waals surface area contributed by atoms with Crippen molar-refractivity contribution in [3.63, 3.8) is 0 Å². The largest absolute Gasteiger partial charge is 0.288 e. The Morgan fingerprint density at radius 1 is 1.21 bits per heavy atom. The molecule has 0 N–H and O–H groups in total. The third-order valence-electron chi connectivity index (χ3n) is 2.74. The number of carbonyl (C=O) groups excluding carboxylic acids is 1. The molecular formula is C15H14ClFOS. The minimum atomic E-state index is -0.542. The van der Waals surface area contributed by atoms with Gasteiger partial charge in [-0.1, -0.05) is 32.4 Å². The zero-order valence-electron chi connectivity index (χ0n) is 11.0. The third kappa shape index (κ3) is 3.04. The summed E-state index contributed by atoms with van der Waals surface area (Å²) in [5, 5.41) is 0.359. The van der Waals surface area contributed by atoms with Crippen LogP contribution in [0.3, 0.4) is 0 Å². The molecule has 0 amide bonds. The average molecular weight is 297 g/mol. The van der Waals surface area contributed by atoms with Crippen molar-refractivity contribution in [2.45, 2.75) is 26.2 Å². The highest BCUT2D eigenvalue weighted by Crippen LogP contribution is 2.31. The van der Waals surface area contributed by atoms with Crippen LogP contribution in [-0.4, -0.2) is 5.78 Å². The van der Waals surface area contributed by atoms with Gasteiger partial charge in [0.25, 0.3) is 0 Å². The lowest BCUT2D eigenvalue weighted by Gasteiger charge is -2.15. The summed E-state index contributed by atoms with van der Waals surface area (Å²) in [6.07, 6.45) is 0. The van der Waals surface area contributed by atoms with E-state index in [-0.39, 0.29) is 16.8 Å². The molecule has 0 aliphatic carbocycles. The molecule has 1 nitrogen and oxygen atoms in total. The Morgan fingerprint density at radius 3 is 2.47 bits per heavy atom. The minimum Gasteiger partial charge on any atom is -0.288 e. The molecule has 2 aromatic rings. The fraction of sp³-hybridized carbons (Fsp3) is 0.267. The number of thiophene rings is 1. The maximum Gasteiger partial charge on any atom is 0.205 e. The predicted octanol–water partition coefficient (Wildman–Crippen LogP) is 5.07. The first-order chi connectivity index (χ1) is 8.79. The van der Waals surface area contributed by atoms with E-state index >= 15 is 0 Å². The van der Waals surface area contributed by atoms with Crippen molar-refractivity contribution >= 4 is 28.7 Å². The van der Waals surface area contributed by atoms with Crippen LogP contribution >= 0.6 is 22.9 Å². The zero-order valence-corrected chi connectivity index (χ0v) is 12.5. The summed E-state index contributed by atoms with van der Waals surface area (Å²) in [6, 6.07) is 7.68. The van der Waals surface area contributed by atoms with E-state index in [9.17, 15) is 9.18 Å². The van der Waals surface area contributed by atoms with Crippen LogP contribution in [0.15, 0.2) is 30.3 Å². The molecule has 19 heavy (non-hydrogen) atoms. The summed E-state index contributed by atoms with van der Waals surface area (Å²) in [6.45, 7) is 6.23. The van der Waals surface area contributed by atoms with Gasteiger partial charge >= 0.3 is 0 Å². The number of halogens is 2. The quantitative estimate of drug-likeness (QED) is 0.707. The van der Waals surface area contributed by atoms with Crippen molar-refractivity contribution in [2.75, 3.05) is 0 Å². The Balaban J connectivity index is 2.39. The van der Waals surface area contributed by atoms with E-state index in [0.29, 0.717) is 9.90 Å². The molecule has 0 radical (unpaired) electrons. The van der Waals surface area contributed by atoms with Gasteiger partial charge in [0.2, 0.25) is 5.78 Å². The Morgan fingerprint density at radius 2 is 1.89 bits per heavy atom. The molecule has 0 aliphatic heterocycles. The second-order valence-corrected chi connectivity index (χ2v) is 6.89. The van der Waals surface area contributed by atoms with Crippen LogP contribution in [0.25, 0.3) is 0 Å². The number of hydrogen-bond acceptors (Lipinski definition) is 2. The van der Waals surface area contributed by atoms with E-state index in [2.05, 4.69) is 20.8 Å². The van der Waals surface area contributed by atoms with Crippen molar-refractivity contribution in [3.8, 4) is 0 Å². The Labute approximate surface area is 121 Å². The summed E-state index contributed by atoms with van der Waals surface area (Å²) in [5.74, 6) is -0.861. The van der Waals surface area contributed by atoms with E-state index < -0.39 is 5.82 Å². The summed E-state index contributed by atoms with van der Waals surface area (Å²) in [7, 11) is 0. The maximum atomic E-state index is 13.7. The van der Waals surface area contributed by atoms with Crippen LogP contribution in [0.5, 0.6) is 0 Å². The SMILES string of the molecule is CC(C)(C)c1ccc(C(=O)c2cc(Cl)ccc2F)s1. The summed E-state index contributed by atoms with van der Waals surface area (Å²) < 4.78 is 13.7. The Kier molecular flexibility index (Phi) is 3.79. The lowest BCUT2D eigenvalue weighted by molar-refractivity contribution is 0.103. The second-order valence-electron chi connectivity index (χ2n) is 5.37. The zero-order chi connectivity index (χ0) is 14.2. The average Bonchev–Trinajstić information content (AvgIpc) is 2.80. The van der Waals surface area contributed by atoms with Crippen molar-refractivity contribution in [1.82, 2.24) is 0 Å². The Bertz CT molecular complexity index is 625. The first-order valence-electron chi connectivity index (χ1n) is 5.89. The molecule has 0 unspecified atom stereocenters. The van der Waals surface area contributed by atoms with E-state index in [0.717, 1.165) is 4.88 Å². The van der Waals surface area contributed by atoms with Crippen molar-refractivity contribution in [3.05, 3.63) is 56.5 Å². The molecule has 1 aromatic heterocycles. The van der Waals surface area contributed by atoms with Gasteiger partial charge in [-0.25, -0.2) is 4.39 Å². The molecule has 0 bridgehead atoms. The maximum absolute atomic E-state index is 13.7. The highest BCUT2D eigenvalue weighted by molar-refractivity contribution is 7.14. The molecule has 0 saturated heterocycles. The fourth-order valence-electron chi connectivity index (χ4n) is 1.67. The molecule has 2 rings (SSSR count). The smallest absolute Gasteiger partial charge is 0.205 e. The minimum absolute atomic E-state index is 0.0178. The summed E-state index contributed by atoms with van der Waals surface area (Å²) >= 11 is 7.21. The number of carbonyl (C=O) groups is 1. The molecule has 0 fully saturated rings. The van der Waals surface area contributed by atoms with Gasteiger partial charge in [0.15, 0.2) is 0 Å². The summed E-state index contributed by atoms with van der Waals surface area (Å²) in [4.78, 5) is 13.9. The van der Waals surface area contributed by atoms with E-state index in [1.54, 1.807) is 6.07 Å². The van der Waals surface area contributed by atoms with Crippen LogP contribution in [0.2, 0.25) is 5.02 Å². The standard InChI is InChI=1S/C15H14ClFOS/c1-15(2,3)13-7-6-12(19-13)14(18)10-8-9(16)4-5-11(10)17/h4-8H,1-3H3. The lowest BCUT2D eigenvalue weighted by Crippen LogP contribution is -2.08. The number of ketones is 1. The van der Waals surface area contributed by atoms with Crippen LogP contribution in [0, 0.1) is 5.82 Å². The first kappa shape index (κ1) is 14.2. The van der Waals surface area contributed by atoms with E-state index in [4.69, 9.17) is 11.6 Å². The van der Waals surface area contributed by atoms with Gasteiger partial charge in [-0.3, -0.25) is 4.79 Å². The van der Waals surface area contributed by atoms with Crippen LogP contribution < -0.4 is 0 Å². The van der Waals surface area contributed by atoms with Crippen LogP contribution in [0.4, 0.5) is 4.39 Å². The fourth-order valence-corrected chi connectivity index (χ4v) is 2.86. The molecule has 0 atom stereocenters. The molecule has 1 aromatic carbocycles. The molecule has 0 aliphatic rings. The topological polar surface area (TPSA) is 17.1 Å². The molecule has 1 heterocycles. The number of hydrogen-bond donors (Lipinski definition) is 0. The number of rotatable bonds is 2. The highest BCUT2D eigenvalue weighted by Gasteiger charge is 2.21. The van der Waals surface area contributed by atoms with Gasteiger partial charge in [-0.15, -0.1) is 11.3 Å². The molecular weight excluding hydrogens is 283 g/mol. The van der Waals surface area contributed by atoms with E-state index in [1.807, 2.05) is 6.07 Å². The first-order valence-corrected chi connectivity index (χ1v) is 7.08. The molecule has 4 heteroatoms. The molecule has 0 saturated carbocycles. The summed E-state index contributed by atoms with van der Waals surface area (Å²) in [5.41, 5.74) is 0.00519. The Hall–Kier alpha value is -1.19. The van der Waals surface area contributed by atoms with Crippen LogP contribution in [-0.2, 0) is 5.41 Å². The van der Waals surface area contributed by atoms with Gasteiger partial charge in [-0.2, -0.15) is 0 Å².